The van der Waals surface area contributed by atoms with Gasteiger partial charge < -0.3 is 9.84 Å². The molecule has 0 amide bonds. The molecule has 18 heavy (non-hydrogen) atoms. The molecule has 98 valence electrons. The molecule has 4 heteroatoms. The number of hydrogen-bond acceptors (Lipinski definition) is 4. The summed E-state index contributed by atoms with van der Waals surface area (Å²) < 4.78 is 5.22. The third-order valence-electron chi connectivity index (χ3n) is 3.35. The van der Waals surface area contributed by atoms with Gasteiger partial charge in [0.1, 0.15) is 5.76 Å². The minimum atomic E-state index is 0.388. The van der Waals surface area contributed by atoms with Crippen molar-refractivity contribution in [1.82, 2.24) is 10.5 Å². The van der Waals surface area contributed by atoms with E-state index in [1.807, 2.05) is 13.8 Å². The van der Waals surface area contributed by atoms with Crippen molar-refractivity contribution < 1.29 is 4.52 Å². The summed E-state index contributed by atoms with van der Waals surface area (Å²) in [4.78, 5) is 0. The molecule has 2 rings (SSSR count). The van der Waals surface area contributed by atoms with Crippen molar-refractivity contribution >= 4 is 11.3 Å². The maximum absolute atomic E-state index is 5.22. The molecule has 0 aromatic carbocycles. The summed E-state index contributed by atoms with van der Waals surface area (Å²) in [7, 11) is 0. The van der Waals surface area contributed by atoms with Crippen LogP contribution in [0.15, 0.2) is 21.3 Å². The first kappa shape index (κ1) is 13.3. The Bertz CT molecular complexity index is 470. The van der Waals surface area contributed by atoms with E-state index in [1.54, 1.807) is 11.3 Å². The Morgan fingerprint density at radius 3 is 2.72 bits per heavy atom. The van der Waals surface area contributed by atoms with Gasteiger partial charge in [-0.25, -0.2) is 0 Å². The largest absolute Gasteiger partial charge is 0.361 e. The number of aromatic nitrogens is 1. The lowest BCUT2D eigenvalue weighted by Crippen LogP contribution is -2.23. The Labute approximate surface area is 112 Å². The molecule has 3 nitrogen and oxygen atoms in total. The van der Waals surface area contributed by atoms with E-state index >= 15 is 0 Å². The molecule has 2 heterocycles. The zero-order valence-electron chi connectivity index (χ0n) is 11.4. The summed E-state index contributed by atoms with van der Waals surface area (Å²) in [5, 5.41) is 11.9. The van der Waals surface area contributed by atoms with Crippen molar-refractivity contribution in [2.24, 2.45) is 0 Å². The van der Waals surface area contributed by atoms with E-state index in [1.165, 1.54) is 11.1 Å². The fraction of sp³-hybridized carbons (Fsp3) is 0.500. The van der Waals surface area contributed by atoms with E-state index < -0.39 is 0 Å². The third-order valence-corrected chi connectivity index (χ3v) is 4.06. The molecule has 0 bridgehead atoms. The number of rotatable bonds is 5. The van der Waals surface area contributed by atoms with Crippen LogP contribution in [0.3, 0.4) is 0 Å². The number of nitrogens with zero attached hydrogens (tertiary/aromatic N) is 1. The summed E-state index contributed by atoms with van der Waals surface area (Å²) in [5.74, 6) is 1.35. The number of thiophene rings is 1. The van der Waals surface area contributed by atoms with Crippen LogP contribution in [-0.4, -0.2) is 11.7 Å². The highest BCUT2D eigenvalue weighted by molar-refractivity contribution is 7.07. The van der Waals surface area contributed by atoms with Crippen LogP contribution < -0.4 is 5.32 Å². The van der Waals surface area contributed by atoms with Gasteiger partial charge in [0.2, 0.25) is 0 Å². The highest BCUT2D eigenvalue weighted by atomic mass is 32.1. The maximum atomic E-state index is 5.22. The lowest BCUT2D eigenvalue weighted by Gasteiger charge is -2.17. The van der Waals surface area contributed by atoms with Crippen LogP contribution in [0.4, 0.5) is 0 Å². The summed E-state index contributed by atoms with van der Waals surface area (Å²) in [6.45, 7) is 9.32. The van der Waals surface area contributed by atoms with Gasteiger partial charge in [0.15, 0.2) is 0 Å². The molecule has 0 radical (unpaired) electrons. The normalized spacial score (nSPS) is 14.7. The minimum absolute atomic E-state index is 0.388. The molecule has 2 atom stereocenters. The highest BCUT2D eigenvalue weighted by Gasteiger charge is 2.17. The monoisotopic (exact) mass is 264 g/mol. The van der Waals surface area contributed by atoms with E-state index in [0.29, 0.717) is 12.0 Å². The molecule has 0 saturated heterocycles. The number of nitrogens with one attached hydrogen (secondary N) is 1. The van der Waals surface area contributed by atoms with E-state index in [2.05, 4.69) is 41.1 Å². The van der Waals surface area contributed by atoms with Crippen molar-refractivity contribution in [3.8, 4) is 0 Å². The van der Waals surface area contributed by atoms with Gasteiger partial charge in [-0.3, -0.25) is 0 Å². The van der Waals surface area contributed by atoms with Crippen LogP contribution in [0.1, 0.15) is 48.4 Å². The van der Waals surface area contributed by atoms with Crippen molar-refractivity contribution in [3.05, 3.63) is 39.4 Å². The topological polar surface area (TPSA) is 38.1 Å². The molecular formula is C14H20N2OS. The molecule has 0 fully saturated rings. The minimum Gasteiger partial charge on any atom is -0.361 e. The molecule has 0 unspecified atom stereocenters. The maximum Gasteiger partial charge on any atom is 0.137 e. The SMILES string of the molecule is Cc1noc(C)c1[C@@H](C)CN[C@H](C)c1ccsc1. The van der Waals surface area contributed by atoms with Crippen LogP contribution in [0.25, 0.3) is 0 Å². The molecule has 0 aliphatic rings. The Kier molecular flexibility index (Phi) is 4.19. The van der Waals surface area contributed by atoms with Crippen LogP contribution in [0, 0.1) is 13.8 Å². The van der Waals surface area contributed by atoms with Crippen molar-refractivity contribution in [2.75, 3.05) is 6.54 Å². The second kappa shape index (κ2) is 5.67. The van der Waals surface area contributed by atoms with Gasteiger partial charge in [-0.1, -0.05) is 12.1 Å². The highest BCUT2D eigenvalue weighted by Crippen LogP contribution is 2.23. The second-order valence-electron chi connectivity index (χ2n) is 4.83. The smallest absolute Gasteiger partial charge is 0.137 e. The first-order chi connectivity index (χ1) is 8.59. The lowest BCUT2D eigenvalue weighted by molar-refractivity contribution is 0.391. The van der Waals surface area contributed by atoms with Gasteiger partial charge in [0.25, 0.3) is 0 Å². The van der Waals surface area contributed by atoms with Gasteiger partial charge >= 0.3 is 0 Å². The van der Waals surface area contributed by atoms with Gasteiger partial charge in [0, 0.05) is 18.2 Å². The molecule has 1 N–H and O–H groups in total. The first-order valence-corrected chi connectivity index (χ1v) is 7.22. The first-order valence-electron chi connectivity index (χ1n) is 6.27. The molecule has 0 spiro atoms. The fourth-order valence-electron chi connectivity index (χ4n) is 2.29. The van der Waals surface area contributed by atoms with Crippen LogP contribution >= 0.6 is 11.3 Å². The quantitative estimate of drug-likeness (QED) is 0.892. The van der Waals surface area contributed by atoms with E-state index in [0.717, 1.165) is 18.0 Å². The van der Waals surface area contributed by atoms with Crippen LogP contribution in [-0.2, 0) is 0 Å². The Hall–Kier alpha value is -1.13. The lowest BCUT2D eigenvalue weighted by atomic mass is 9.99. The van der Waals surface area contributed by atoms with Gasteiger partial charge in [0.05, 0.1) is 5.69 Å². The third kappa shape index (κ3) is 2.82. The van der Waals surface area contributed by atoms with Gasteiger partial charge in [-0.15, -0.1) is 0 Å². The zero-order chi connectivity index (χ0) is 13.1. The zero-order valence-corrected chi connectivity index (χ0v) is 12.2. The van der Waals surface area contributed by atoms with Gasteiger partial charge in [-0.05, 0) is 49.1 Å². The summed E-state index contributed by atoms with van der Waals surface area (Å²) in [5.41, 5.74) is 3.59. The Morgan fingerprint density at radius 2 is 2.17 bits per heavy atom. The molecule has 0 aliphatic heterocycles. The van der Waals surface area contributed by atoms with Crippen molar-refractivity contribution in [2.45, 2.75) is 39.7 Å². The predicted octanol–water partition coefficient (Wildman–Crippen LogP) is 3.81. The fourth-order valence-corrected chi connectivity index (χ4v) is 3.04. The van der Waals surface area contributed by atoms with Crippen molar-refractivity contribution in [3.63, 3.8) is 0 Å². The van der Waals surface area contributed by atoms with E-state index in [9.17, 15) is 0 Å². The van der Waals surface area contributed by atoms with Crippen LogP contribution in [0.2, 0.25) is 0 Å². The average Bonchev–Trinajstić information content (AvgIpc) is 2.96. The van der Waals surface area contributed by atoms with Crippen molar-refractivity contribution in [1.29, 1.82) is 0 Å². The van der Waals surface area contributed by atoms with E-state index in [-0.39, 0.29) is 0 Å². The predicted molar refractivity (Wildman–Crippen MR) is 75.1 cm³/mol. The van der Waals surface area contributed by atoms with Gasteiger partial charge in [-0.2, -0.15) is 11.3 Å². The summed E-state index contributed by atoms with van der Waals surface area (Å²) in [6.07, 6.45) is 0. The summed E-state index contributed by atoms with van der Waals surface area (Å²) >= 11 is 1.74. The molecule has 0 saturated carbocycles. The van der Waals surface area contributed by atoms with E-state index in [4.69, 9.17) is 4.52 Å². The number of aryl methyl sites for hydroxylation is 2. The molecule has 2 aromatic heterocycles. The standard InChI is InChI=1S/C14H20N2OS/c1-9(14-11(3)16-17-12(14)4)7-15-10(2)13-5-6-18-8-13/h5-6,8-10,15H,7H2,1-4H3/t9-,10+/m0/s1. The number of hydrogen-bond donors (Lipinski definition) is 1. The van der Waals surface area contributed by atoms with Crippen LogP contribution in [0.5, 0.6) is 0 Å². The molecule has 2 aromatic rings. The second-order valence-corrected chi connectivity index (χ2v) is 5.61. The average molecular weight is 264 g/mol. The summed E-state index contributed by atoms with van der Waals surface area (Å²) in [6, 6.07) is 2.56. The Balaban J connectivity index is 1.95. The molecular weight excluding hydrogens is 244 g/mol. The Morgan fingerprint density at radius 1 is 1.39 bits per heavy atom. The molecule has 0 aliphatic carbocycles.